The molecule has 0 spiro atoms. The van der Waals surface area contributed by atoms with Gasteiger partial charge in [0.15, 0.2) is 0 Å². The third-order valence-corrected chi connectivity index (χ3v) is 7.67. The number of rotatable bonds is 5. The van der Waals surface area contributed by atoms with Crippen LogP contribution in [0.4, 0.5) is 0 Å². The number of carboxylic acid groups (broad SMARTS) is 1. The van der Waals surface area contributed by atoms with Crippen LogP contribution in [0, 0.1) is 22.7 Å². The monoisotopic (exact) mass is 374 g/mol. The lowest BCUT2D eigenvalue weighted by Gasteiger charge is -2.35. The van der Waals surface area contributed by atoms with Crippen molar-refractivity contribution in [2.24, 2.45) is 22.7 Å². The van der Waals surface area contributed by atoms with Crippen molar-refractivity contribution in [2.45, 2.75) is 71.6 Å². The van der Waals surface area contributed by atoms with E-state index in [9.17, 15) is 18.0 Å². The van der Waals surface area contributed by atoms with Crippen LogP contribution in [0.5, 0.6) is 0 Å². The molecule has 0 saturated heterocycles. The average Bonchev–Trinajstić information content (AvgIpc) is 3.10. The van der Waals surface area contributed by atoms with E-state index in [1.807, 2.05) is 13.8 Å². The van der Waals surface area contributed by atoms with E-state index in [1.54, 1.807) is 0 Å². The summed E-state index contributed by atoms with van der Waals surface area (Å²) in [7, 11) is -4.08. The first-order chi connectivity index (χ1) is 11.5. The van der Waals surface area contributed by atoms with Crippen molar-refractivity contribution in [1.29, 1.82) is 0 Å². The molecule has 3 aliphatic rings. The van der Waals surface area contributed by atoms with Crippen molar-refractivity contribution in [2.75, 3.05) is 5.75 Å². The fourth-order valence-electron chi connectivity index (χ4n) is 5.05. The molecule has 3 aliphatic carbocycles. The molecule has 0 aromatic heterocycles. The van der Waals surface area contributed by atoms with E-state index in [4.69, 9.17) is 9.66 Å². The molecule has 0 heterocycles. The third-order valence-electron chi connectivity index (χ3n) is 6.81. The zero-order chi connectivity index (χ0) is 18.9. The Morgan fingerprint density at radius 1 is 1.20 bits per heavy atom. The van der Waals surface area contributed by atoms with Crippen LogP contribution in [-0.4, -0.2) is 35.6 Å². The van der Waals surface area contributed by atoms with Crippen molar-refractivity contribution >= 4 is 21.9 Å². The van der Waals surface area contributed by atoms with Crippen LogP contribution >= 0.6 is 0 Å². The number of carboxylic acids is 1. The molecule has 2 bridgehead atoms. The molecule has 3 rings (SSSR count). The summed E-state index contributed by atoms with van der Waals surface area (Å²) < 4.78 is 31.0. The molecule has 0 amide bonds. The summed E-state index contributed by atoms with van der Waals surface area (Å²) in [5.41, 5.74) is -1.12. The van der Waals surface area contributed by atoms with Gasteiger partial charge in [0.25, 0.3) is 10.1 Å². The van der Waals surface area contributed by atoms with Gasteiger partial charge in [0.2, 0.25) is 0 Å². The Hall–Kier alpha value is -0.950. The molecule has 0 aromatic carbocycles. The Morgan fingerprint density at radius 2 is 1.80 bits per heavy atom. The fourth-order valence-corrected chi connectivity index (χ4v) is 6.35. The highest BCUT2D eigenvalue weighted by atomic mass is 32.2. The van der Waals surface area contributed by atoms with Gasteiger partial charge in [0.1, 0.15) is 5.78 Å². The standard InChI is InChI=1S/C10H16O4S.C8H14O2/c1-9(2)7-3-4-10(9,8(11)5-7)6-15(12,13)14;9-8(10)6-5-7-3-1-2-4-7/h7H,3-6H2,1-2H3,(H,12,13,14);7H,1-6H2,(H,9,10). The van der Waals surface area contributed by atoms with E-state index in [0.29, 0.717) is 19.3 Å². The molecule has 0 aliphatic heterocycles. The second-order valence-corrected chi connectivity index (χ2v) is 9.93. The minimum atomic E-state index is -4.08. The highest BCUT2D eigenvalue weighted by Crippen LogP contribution is 2.64. The van der Waals surface area contributed by atoms with Gasteiger partial charge in [-0.1, -0.05) is 39.5 Å². The average molecular weight is 374 g/mol. The maximum absolute atomic E-state index is 11.9. The molecule has 25 heavy (non-hydrogen) atoms. The highest BCUT2D eigenvalue weighted by molar-refractivity contribution is 7.85. The Kier molecular flexibility index (Phi) is 5.99. The maximum atomic E-state index is 11.9. The van der Waals surface area contributed by atoms with Crippen molar-refractivity contribution in [3.63, 3.8) is 0 Å². The summed E-state index contributed by atoms with van der Waals surface area (Å²) in [6.07, 6.45) is 8.37. The summed E-state index contributed by atoms with van der Waals surface area (Å²) in [5, 5.41) is 8.37. The van der Waals surface area contributed by atoms with Crippen LogP contribution < -0.4 is 0 Å². The minimum absolute atomic E-state index is 0.0152. The van der Waals surface area contributed by atoms with Crippen molar-refractivity contribution in [1.82, 2.24) is 0 Å². The van der Waals surface area contributed by atoms with E-state index >= 15 is 0 Å². The van der Waals surface area contributed by atoms with Gasteiger partial charge in [0.05, 0.1) is 11.2 Å². The predicted molar refractivity (Wildman–Crippen MR) is 93.8 cm³/mol. The van der Waals surface area contributed by atoms with E-state index in [0.717, 1.165) is 18.8 Å². The van der Waals surface area contributed by atoms with Gasteiger partial charge in [-0.2, -0.15) is 8.42 Å². The zero-order valence-electron chi connectivity index (χ0n) is 15.2. The predicted octanol–water partition coefficient (Wildman–Crippen LogP) is 3.31. The van der Waals surface area contributed by atoms with Gasteiger partial charge in [-0.25, -0.2) is 0 Å². The molecule has 7 heteroatoms. The lowest BCUT2D eigenvalue weighted by Crippen LogP contribution is -2.42. The van der Waals surface area contributed by atoms with E-state index in [1.165, 1.54) is 25.7 Å². The third kappa shape index (κ3) is 4.42. The van der Waals surface area contributed by atoms with Crippen LogP contribution in [-0.2, 0) is 19.7 Å². The van der Waals surface area contributed by atoms with Crippen LogP contribution in [0.2, 0.25) is 0 Å². The highest BCUT2D eigenvalue weighted by Gasteiger charge is 2.65. The summed E-state index contributed by atoms with van der Waals surface area (Å²) in [4.78, 5) is 22.0. The molecule has 0 aromatic rings. The number of Topliss-reactive ketones (excluding diaryl/α,β-unsaturated/α-hetero) is 1. The molecular weight excluding hydrogens is 344 g/mol. The minimum Gasteiger partial charge on any atom is -0.481 e. The summed E-state index contributed by atoms with van der Waals surface area (Å²) in [6.45, 7) is 3.89. The Balaban J connectivity index is 0.000000196. The summed E-state index contributed by atoms with van der Waals surface area (Å²) in [6, 6.07) is 0. The Labute approximate surface area is 150 Å². The topological polar surface area (TPSA) is 109 Å². The molecule has 2 atom stereocenters. The van der Waals surface area contributed by atoms with Crippen LogP contribution in [0.1, 0.15) is 71.6 Å². The number of ketones is 1. The lowest BCUT2D eigenvalue weighted by atomic mass is 9.70. The first-order valence-electron chi connectivity index (χ1n) is 9.18. The second kappa shape index (κ2) is 7.35. The van der Waals surface area contributed by atoms with Crippen LogP contribution in [0.15, 0.2) is 0 Å². The molecule has 3 saturated carbocycles. The normalized spacial score (nSPS) is 31.0. The summed E-state index contributed by atoms with van der Waals surface area (Å²) in [5.74, 6) is -0.0291. The van der Waals surface area contributed by atoms with Gasteiger partial charge >= 0.3 is 5.97 Å². The smallest absolute Gasteiger partial charge is 0.303 e. The van der Waals surface area contributed by atoms with Crippen molar-refractivity contribution in [3.05, 3.63) is 0 Å². The number of aliphatic carboxylic acids is 1. The Bertz CT molecular complexity index is 617. The largest absolute Gasteiger partial charge is 0.481 e. The van der Waals surface area contributed by atoms with E-state index in [2.05, 4.69) is 0 Å². The molecule has 2 N–H and O–H groups in total. The zero-order valence-corrected chi connectivity index (χ0v) is 16.0. The molecule has 2 unspecified atom stereocenters. The fraction of sp³-hybridized carbons (Fsp3) is 0.889. The van der Waals surface area contributed by atoms with Gasteiger partial charge in [0, 0.05) is 12.8 Å². The number of carbonyl (C=O) groups excluding carboxylic acids is 1. The van der Waals surface area contributed by atoms with Gasteiger partial charge < -0.3 is 5.11 Å². The second-order valence-electron chi connectivity index (χ2n) is 8.48. The number of hydrogen-bond acceptors (Lipinski definition) is 4. The van der Waals surface area contributed by atoms with Gasteiger partial charge in [-0.3, -0.25) is 14.1 Å². The van der Waals surface area contributed by atoms with Crippen LogP contribution in [0.25, 0.3) is 0 Å². The molecule has 3 fully saturated rings. The Morgan fingerprint density at radius 3 is 2.20 bits per heavy atom. The first kappa shape index (κ1) is 20.4. The molecule has 0 radical (unpaired) electrons. The lowest BCUT2D eigenvalue weighted by molar-refractivity contribution is -0.137. The quantitative estimate of drug-likeness (QED) is 0.715. The van der Waals surface area contributed by atoms with Crippen molar-refractivity contribution in [3.8, 4) is 0 Å². The number of carbonyl (C=O) groups is 2. The summed E-state index contributed by atoms with van der Waals surface area (Å²) >= 11 is 0. The first-order valence-corrected chi connectivity index (χ1v) is 10.8. The van der Waals surface area contributed by atoms with Gasteiger partial charge in [-0.05, 0) is 36.5 Å². The van der Waals surface area contributed by atoms with Crippen molar-refractivity contribution < 1.29 is 27.7 Å². The van der Waals surface area contributed by atoms with E-state index in [-0.39, 0.29) is 17.1 Å². The van der Waals surface area contributed by atoms with Gasteiger partial charge in [-0.15, -0.1) is 0 Å². The van der Waals surface area contributed by atoms with Crippen LogP contribution in [0.3, 0.4) is 0 Å². The molecular formula is C18H30O6S. The number of fused-ring (bicyclic) bond motifs is 2. The molecule has 144 valence electrons. The maximum Gasteiger partial charge on any atom is 0.303 e. The SMILES string of the molecule is CC1(C)C2CCC1(CS(=O)(=O)O)C(=O)C2.O=C(O)CCC1CCCC1. The molecule has 6 nitrogen and oxygen atoms in total. The van der Waals surface area contributed by atoms with E-state index < -0.39 is 27.3 Å². The number of hydrogen-bond donors (Lipinski definition) is 2.